The topological polar surface area (TPSA) is 64.4 Å². The number of nitrogens with zero attached hydrogens (tertiary/aromatic N) is 3. The standard InChI is InChI=1S/C15H17N3O3/c1-17(2)15(20)13-8-9-14(19)18(16-13)10-11-21-12-6-4-3-5-7-12/h3-9H,10-11H2,1-2H3. The van der Waals surface area contributed by atoms with Gasteiger partial charge < -0.3 is 9.64 Å². The van der Waals surface area contributed by atoms with E-state index in [1.165, 1.54) is 21.7 Å². The molecule has 2 aromatic rings. The minimum absolute atomic E-state index is 0.235. The van der Waals surface area contributed by atoms with E-state index in [-0.39, 0.29) is 23.7 Å². The summed E-state index contributed by atoms with van der Waals surface area (Å²) in [4.78, 5) is 25.0. The van der Waals surface area contributed by atoms with Gasteiger partial charge in [0, 0.05) is 20.2 Å². The smallest absolute Gasteiger partial charge is 0.273 e. The van der Waals surface area contributed by atoms with Gasteiger partial charge >= 0.3 is 0 Å². The van der Waals surface area contributed by atoms with Gasteiger partial charge in [-0.25, -0.2) is 4.68 Å². The van der Waals surface area contributed by atoms with E-state index in [1.54, 1.807) is 14.1 Å². The lowest BCUT2D eigenvalue weighted by atomic mass is 10.3. The van der Waals surface area contributed by atoms with Crippen LogP contribution in [0.5, 0.6) is 5.75 Å². The van der Waals surface area contributed by atoms with Gasteiger partial charge in [0.1, 0.15) is 18.1 Å². The van der Waals surface area contributed by atoms with Crippen LogP contribution in [-0.4, -0.2) is 41.3 Å². The van der Waals surface area contributed by atoms with Gasteiger partial charge in [0.15, 0.2) is 0 Å². The summed E-state index contributed by atoms with van der Waals surface area (Å²) >= 11 is 0. The molecule has 6 nitrogen and oxygen atoms in total. The molecule has 0 aliphatic carbocycles. The zero-order valence-electron chi connectivity index (χ0n) is 12.0. The monoisotopic (exact) mass is 287 g/mol. The highest BCUT2D eigenvalue weighted by molar-refractivity contribution is 5.91. The number of amides is 1. The van der Waals surface area contributed by atoms with Gasteiger partial charge in [0.2, 0.25) is 0 Å². The molecule has 0 N–H and O–H groups in total. The minimum atomic E-state index is -0.262. The number of carbonyl (C=O) groups excluding carboxylic acids is 1. The largest absolute Gasteiger partial charge is 0.492 e. The van der Waals surface area contributed by atoms with Crippen LogP contribution < -0.4 is 10.3 Å². The van der Waals surface area contributed by atoms with Crippen molar-refractivity contribution in [2.75, 3.05) is 20.7 Å². The Bertz CT molecular complexity index is 665. The van der Waals surface area contributed by atoms with Gasteiger partial charge in [-0.1, -0.05) is 18.2 Å². The highest BCUT2D eigenvalue weighted by Gasteiger charge is 2.11. The van der Waals surface area contributed by atoms with Crippen molar-refractivity contribution in [1.82, 2.24) is 14.7 Å². The molecule has 21 heavy (non-hydrogen) atoms. The molecular weight excluding hydrogens is 270 g/mol. The van der Waals surface area contributed by atoms with Gasteiger partial charge in [-0.15, -0.1) is 0 Å². The van der Waals surface area contributed by atoms with Gasteiger partial charge in [-0.2, -0.15) is 5.10 Å². The number of para-hydroxylation sites is 1. The Labute approximate surface area is 122 Å². The van der Waals surface area contributed by atoms with Gasteiger partial charge in [0.05, 0.1) is 6.54 Å². The SMILES string of the molecule is CN(C)C(=O)c1ccc(=O)n(CCOc2ccccc2)n1. The van der Waals surface area contributed by atoms with Crippen LogP contribution in [0.1, 0.15) is 10.5 Å². The first-order valence-corrected chi connectivity index (χ1v) is 6.55. The van der Waals surface area contributed by atoms with Gasteiger partial charge in [-0.05, 0) is 18.2 Å². The molecule has 0 fully saturated rings. The summed E-state index contributed by atoms with van der Waals surface area (Å²) in [6, 6.07) is 12.1. The summed E-state index contributed by atoms with van der Waals surface area (Å²) in [5.41, 5.74) is -0.0266. The van der Waals surface area contributed by atoms with Crippen molar-refractivity contribution in [3.8, 4) is 5.75 Å². The van der Waals surface area contributed by atoms with E-state index in [0.29, 0.717) is 6.61 Å². The van der Waals surface area contributed by atoms with Crippen LogP contribution in [0.25, 0.3) is 0 Å². The second-order valence-corrected chi connectivity index (χ2v) is 4.64. The quantitative estimate of drug-likeness (QED) is 0.823. The first kappa shape index (κ1) is 14.8. The third kappa shape index (κ3) is 3.92. The molecule has 110 valence electrons. The van der Waals surface area contributed by atoms with Gasteiger partial charge in [0.25, 0.3) is 11.5 Å². The van der Waals surface area contributed by atoms with E-state index >= 15 is 0 Å². The number of hydrogen-bond donors (Lipinski definition) is 0. The molecular formula is C15H17N3O3. The summed E-state index contributed by atoms with van der Waals surface area (Å²) in [5, 5.41) is 4.06. The summed E-state index contributed by atoms with van der Waals surface area (Å²) in [5.74, 6) is 0.485. The highest BCUT2D eigenvalue weighted by atomic mass is 16.5. The number of carbonyl (C=O) groups is 1. The molecule has 0 saturated heterocycles. The second kappa shape index (κ2) is 6.69. The number of hydrogen-bond acceptors (Lipinski definition) is 4. The molecule has 0 spiro atoms. The molecule has 0 aliphatic rings. The lowest BCUT2D eigenvalue weighted by Crippen LogP contribution is -2.30. The molecule has 0 bridgehead atoms. The maximum atomic E-state index is 11.8. The van der Waals surface area contributed by atoms with Crippen molar-refractivity contribution in [3.05, 3.63) is 58.5 Å². The van der Waals surface area contributed by atoms with Gasteiger partial charge in [-0.3, -0.25) is 9.59 Å². The molecule has 6 heteroatoms. The van der Waals surface area contributed by atoms with Crippen LogP contribution in [0.4, 0.5) is 0 Å². The van der Waals surface area contributed by atoms with Crippen LogP contribution in [0, 0.1) is 0 Å². The van der Waals surface area contributed by atoms with Crippen molar-refractivity contribution in [3.63, 3.8) is 0 Å². The zero-order valence-corrected chi connectivity index (χ0v) is 12.0. The third-order valence-electron chi connectivity index (χ3n) is 2.81. The van der Waals surface area contributed by atoms with Crippen molar-refractivity contribution in [2.45, 2.75) is 6.54 Å². The van der Waals surface area contributed by atoms with Crippen LogP contribution in [0.15, 0.2) is 47.3 Å². The molecule has 0 aliphatic heterocycles. The summed E-state index contributed by atoms with van der Waals surface area (Å²) in [6.45, 7) is 0.582. The van der Waals surface area contributed by atoms with E-state index < -0.39 is 0 Å². The van der Waals surface area contributed by atoms with Crippen molar-refractivity contribution >= 4 is 5.91 Å². The van der Waals surface area contributed by atoms with Crippen molar-refractivity contribution in [2.24, 2.45) is 0 Å². The summed E-state index contributed by atoms with van der Waals surface area (Å²) < 4.78 is 6.75. The highest BCUT2D eigenvalue weighted by Crippen LogP contribution is 2.07. The number of benzene rings is 1. The predicted octanol–water partition coefficient (Wildman–Crippen LogP) is 1.02. The van der Waals surface area contributed by atoms with E-state index in [1.807, 2.05) is 30.3 Å². The molecule has 1 heterocycles. The van der Waals surface area contributed by atoms with Crippen LogP contribution in [0.2, 0.25) is 0 Å². The van der Waals surface area contributed by atoms with Crippen molar-refractivity contribution < 1.29 is 9.53 Å². The Morgan fingerprint density at radius 1 is 1.19 bits per heavy atom. The summed E-state index contributed by atoms with van der Waals surface area (Å²) in [6.07, 6.45) is 0. The van der Waals surface area contributed by atoms with E-state index in [9.17, 15) is 9.59 Å². The number of aromatic nitrogens is 2. The third-order valence-corrected chi connectivity index (χ3v) is 2.81. The van der Waals surface area contributed by atoms with E-state index in [2.05, 4.69) is 5.10 Å². The molecule has 0 atom stereocenters. The predicted molar refractivity (Wildman–Crippen MR) is 78.5 cm³/mol. The van der Waals surface area contributed by atoms with Crippen LogP contribution >= 0.6 is 0 Å². The fraction of sp³-hybridized carbons (Fsp3) is 0.267. The molecule has 2 rings (SSSR count). The number of rotatable bonds is 5. The summed E-state index contributed by atoms with van der Waals surface area (Å²) in [7, 11) is 3.27. The fourth-order valence-electron chi connectivity index (χ4n) is 1.72. The second-order valence-electron chi connectivity index (χ2n) is 4.64. The average Bonchev–Trinajstić information content (AvgIpc) is 2.49. The molecule has 0 radical (unpaired) electrons. The Balaban J connectivity index is 2.04. The zero-order chi connectivity index (χ0) is 15.2. The normalized spacial score (nSPS) is 10.2. The Hall–Kier alpha value is -2.63. The fourth-order valence-corrected chi connectivity index (χ4v) is 1.72. The molecule has 1 aromatic heterocycles. The Morgan fingerprint density at radius 2 is 1.90 bits per heavy atom. The number of ether oxygens (including phenoxy) is 1. The van der Waals surface area contributed by atoms with E-state index in [0.717, 1.165) is 5.75 Å². The Morgan fingerprint density at radius 3 is 2.57 bits per heavy atom. The lowest BCUT2D eigenvalue weighted by Gasteiger charge is -2.11. The molecule has 0 unspecified atom stereocenters. The molecule has 1 aromatic carbocycles. The van der Waals surface area contributed by atoms with Crippen LogP contribution in [-0.2, 0) is 6.54 Å². The molecule has 0 saturated carbocycles. The minimum Gasteiger partial charge on any atom is -0.492 e. The maximum absolute atomic E-state index is 11.8. The van der Waals surface area contributed by atoms with E-state index in [4.69, 9.17) is 4.74 Å². The molecule has 1 amide bonds. The first-order chi connectivity index (χ1) is 10.1. The first-order valence-electron chi connectivity index (χ1n) is 6.55. The Kier molecular flexibility index (Phi) is 4.71. The van der Waals surface area contributed by atoms with Crippen molar-refractivity contribution in [1.29, 1.82) is 0 Å². The maximum Gasteiger partial charge on any atom is 0.273 e. The average molecular weight is 287 g/mol. The van der Waals surface area contributed by atoms with Crippen LogP contribution in [0.3, 0.4) is 0 Å². The lowest BCUT2D eigenvalue weighted by molar-refractivity contribution is 0.0818.